The van der Waals surface area contributed by atoms with Crippen molar-refractivity contribution >= 4 is 22.5 Å². The Morgan fingerprint density at radius 1 is 1.17 bits per heavy atom. The van der Waals surface area contributed by atoms with Crippen molar-refractivity contribution in [2.45, 2.75) is 19.3 Å². The Morgan fingerprint density at radius 2 is 1.88 bits per heavy atom. The van der Waals surface area contributed by atoms with Crippen molar-refractivity contribution in [2.24, 2.45) is 0 Å². The third-order valence-electron chi connectivity index (χ3n) is 3.29. The van der Waals surface area contributed by atoms with Crippen LogP contribution >= 0.6 is 11.6 Å². The van der Waals surface area contributed by atoms with Gasteiger partial charge in [-0.15, -0.1) is 0 Å². The first-order valence-electron chi connectivity index (χ1n) is 6.68. The lowest BCUT2D eigenvalue weighted by molar-refractivity contribution is -0.143. The Morgan fingerprint density at radius 3 is 2.54 bits per heavy atom. The van der Waals surface area contributed by atoms with Crippen LogP contribution in [0.2, 0.25) is 5.15 Å². The molecule has 10 heteroatoms. The molecule has 5 nitrogen and oxygen atoms in total. The topological polar surface area (TPSA) is 52.7 Å². The molecule has 24 heavy (non-hydrogen) atoms. The van der Waals surface area contributed by atoms with Gasteiger partial charge < -0.3 is 0 Å². The van der Waals surface area contributed by atoms with Crippen molar-refractivity contribution in [3.8, 4) is 0 Å². The van der Waals surface area contributed by atoms with Crippen molar-refractivity contribution in [3.63, 3.8) is 0 Å². The summed E-state index contributed by atoms with van der Waals surface area (Å²) < 4.78 is 52.4. The number of hydrogen-bond acceptors (Lipinski definition) is 3. The monoisotopic (exact) mass is 360 g/mol. The number of aromatic nitrogens is 4. The van der Waals surface area contributed by atoms with Gasteiger partial charge in [0.05, 0.1) is 18.1 Å². The average molecular weight is 361 g/mol. The minimum Gasteiger partial charge on any atom is -0.265 e. The molecule has 0 unspecified atom stereocenters. The summed E-state index contributed by atoms with van der Waals surface area (Å²) >= 11 is 6.08. The fourth-order valence-electron chi connectivity index (χ4n) is 2.20. The van der Waals surface area contributed by atoms with Crippen molar-refractivity contribution < 1.29 is 17.6 Å². The summed E-state index contributed by atoms with van der Waals surface area (Å²) in [5, 5.41) is 7.48. The lowest BCUT2D eigenvalue weighted by Gasteiger charge is -2.06. The Kier molecular flexibility index (Phi) is 4.04. The summed E-state index contributed by atoms with van der Waals surface area (Å²) in [6.07, 6.45) is -3.56. The van der Waals surface area contributed by atoms with E-state index in [1.54, 1.807) is 6.07 Å². The molecule has 0 spiro atoms. The molecule has 0 saturated heterocycles. The van der Waals surface area contributed by atoms with E-state index in [1.807, 2.05) is 0 Å². The van der Waals surface area contributed by atoms with E-state index < -0.39 is 24.1 Å². The second kappa shape index (κ2) is 5.90. The Balaban J connectivity index is 2.06. The van der Waals surface area contributed by atoms with Gasteiger partial charge in [0.2, 0.25) is 0 Å². The molecule has 126 valence electrons. The number of benzene rings is 1. The second-order valence-electron chi connectivity index (χ2n) is 5.02. The van der Waals surface area contributed by atoms with Crippen molar-refractivity contribution in [3.05, 3.63) is 57.3 Å². The SMILES string of the molecule is O=c1c2nn(Cc3ccccc3F)c(Cl)c2cnn1CC(F)(F)F. The summed E-state index contributed by atoms with van der Waals surface area (Å²) in [5.41, 5.74) is -0.995. The molecule has 0 aliphatic heterocycles. The van der Waals surface area contributed by atoms with E-state index in [0.717, 1.165) is 10.9 Å². The maximum atomic E-state index is 13.7. The van der Waals surface area contributed by atoms with Gasteiger partial charge in [-0.05, 0) is 6.07 Å². The van der Waals surface area contributed by atoms with Crippen LogP contribution in [0.5, 0.6) is 0 Å². The zero-order valence-corrected chi connectivity index (χ0v) is 12.6. The molecular weight excluding hydrogens is 352 g/mol. The zero-order valence-electron chi connectivity index (χ0n) is 11.9. The quantitative estimate of drug-likeness (QED) is 0.675. The number of rotatable bonds is 3. The Labute approximate surface area is 137 Å². The molecule has 0 bridgehead atoms. The minimum atomic E-state index is -4.59. The van der Waals surface area contributed by atoms with Gasteiger partial charge in [-0.2, -0.15) is 23.4 Å². The molecule has 2 aromatic heterocycles. The molecule has 0 atom stereocenters. The van der Waals surface area contributed by atoms with Crippen molar-refractivity contribution in [1.29, 1.82) is 0 Å². The minimum absolute atomic E-state index is 0.00277. The van der Waals surface area contributed by atoms with Gasteiger partial charge in [0.25, 0.3) is 5.56 Å². The van der Waals surface area contributed by atoms with Crippen LogP contribution in [0.3, 0.4) is 0 Å². The van der Waals surface area contributed by atoms with Gasteiger partial charge in [-0.3, -0.25) is 4.79 Å². The van der Waals surface area contributed by atoms with Crippen LogP contribution in [0.4, 0.5) is 17.6 Å². The smallest absolute Gasteiger partial charge is 0.265 e. The molecule has 0 amide bonds. The maximum absolute atomic E-state index is 13.7. The lowest BCUT2D eigenvalue weighted by atomic mass is 10.2. The third kappa shape index (κ3) is 3.12. The number of hydrogen-bond donors (Lipinski definition) is 0. The summed E-state index contributed by atoms with van der Waals surface area (Å²) in [7, 11) is 0. The van der Waals surface area contributed by atoms with Gasteiger partial charge in [0, 0.05) is 5.56 Å². The molecule has 0 radical (unpaired) electrons. The standard InChI is InChI=1S/C14H9ClF4N4O/c15-12-9-5-20-23(7-14(17,18)19)13(24)11(9)21-22(12)6-8-3-1-2-4-10(8)16/h1-5H,6-7H2. The summed E-state index contributed by atoms with van der Waals surface area (Å²) in [4.78, 5) is 12.1. The van der Waals surface area contributed by atoms with Crippen molar-refractivity contribution in [2.75, 3.05) is 0 Å². The van der Waals surface area contributed by atoms with E-state index in [9.17, 15) is 22.4 Å². The first-order chi connectivity index (χ1) is 11.3. The number of nitrogens with zero attached hydrogens (tertiary/aromatic N) is 4. The van der Waals surface area contributed by atoms with E-state index in [2.05, 4.69) is 10.2 Å². The summed E-state index contributed by atoms with van der Waals surface area (Å²) in [6, 6.07) is 5.90. The van der Waals surface area contributed by atoms with E-state index in [0.29, 0.717) is 0 Å². The number of halogens is 5. The Hall–Kier alpha value is -2.42. The van der Waals surface area contributed by atoms with Crippen molar-refractivity contribution in [1.82, 2.24) is 19.6 Å². The van der Waals surface area contributed by atoms with E-state index in [4.69, 9.17) is 11.6 Å². The maximum Gasteiger partial charge on any atom is 0.408 e. The number of fused-ring (bicyclic) bond motifs is 1. The Bertz CT molecular complexity index is 964. The first kappa shape index (κ1) is 16.4. The second-order valence-corrected chi connectivity index (χ2v) is 5.38. The average Bonchev–Trinajstić information content (AvgIpc) is 2.81. The highest BCUT2D eigenvalue weighted by Crippen LogP contribution is 2.22. The van der Waals surface area contributed by atoms with Crippen LogP contribution in [0.25, 0.3) is 10.9 Å². The van der Waals surface area contributed by atoms with Gasteiger partial charge in [0.1, 0.15) is 17.5 Å². The first-order valence-corrected chi connectivity index (χ1v) is 7.06. The molecule has 3 rings (SSSR count). The van der Waals surface area contributed by atoms with Crippen LogP contribution in [0.1, 0.15) is 5.56 Å². The van der Waals surface area contributed by atoms with E-state index in [1.165, 1.54) is 18.2 Å². The fourth-order valence-corrected chi connectivity index (χ4v) is 2.44. The molecule has 1 aromatic carbocycles. The zero-order chi connectivity index (χ0) is 17.5. The predicted molar refractivity (Wildman–Crippen MR) is 78.4 cm³/mol. The third-order valence-corrected chi connectivity index (χ3v) is 3.69. The van der Waals surface area contributed by atoms with Gasteiger partial charge in [0.15, 0.2) is 5.52 Å². The fraction of sp³-hybridized carbons (Fsp3) is 0.214. The van der Waals surface area contributed by atoms with Crippen LogP contribution in [0, 0.1) is 5.82 Å². The lowest BCUT2D eigenvalue weighted by Crippen LogP contribution is -2.30. The molecule has 0 aliphatic carbocycles. The summed E-state index contributed by atoms with van der Waals surface area (Å²) in [5.74, 6) is -0.485. The largest absolute Gasteiger partial charge is 0.408 e. The van der Waals surface area contributed by atoms with E-state index >= 15 is 0 Å². The normalized spacial score (nSPS) is 12.0. The van der Waals surface area contributed by atoms with Crippen LogP contribution in [-0.2, 0) is 13.1 Å². The van der Waals surface area contributed by atoms with Gasteiger partial charge in [-0.1, -0.05) is 29.8 Å². The number of alkyl halides is 3. The molecule has 2 heterocycles. The van der Waals surface area contributed by atoms with Gasteiger partial charge in [-0.25, -0.2) is 13.8 Å². The molecule has 3 aromatic rings. The highest BCUT2D eigenvalue weighted by atomic mass is 35.5. The van der Waals surface area contributed by atoms with Crippen LogP contribution in [-0.4, -0.2) is 25.7 Å². The highest BCUT2D eigenvalue weighted by molar-refractivity contribution is 6.34. The molecule has 0 fully saturated rings. The van der Waals surface area contributed by atoms with Crippen LogP contribution < -0.4 is 5.56 Å². The highest BCUT2D eigenvalue weighted by Gasteiger charge is 2.30. The molecule has 0 saturated carbocycles. The molecule has 0 N–H and O–H groups in total. The predicted octanol–water partition coefficient (Wildman–Crippen LogP) is 3.00. The van der Waals surface area contributed by atoms with Crippen LogP contribution in [0.15, 0.2) is 35.3 Å². The molecule has 0 aliphatic rings. The summed E-state index contributed by atoms with van der Waals surface area (Å²) in [6.45, 7) is -1.60. The van der Waals surface area contributed by atoms with E-state index in [-0.39, 0.29) is 32.8 Å². The molecular formula is C14H9ClF4N4O. The van der Waals surface area contributed by atoms with Gasteiger partial charge >= 0.3 is 6.18 Å².